The predicted molar refractivity (Wildman–Crippen MR) is 125 cm³/mol. The van der Waals surface area contributed by atoms with Crippen LogP contribution in [0.1, 0.15) is 18.1 Å². The monoisotopic (exact) mass is 431 g/mol. The summed E-state index contributed by atoms with van der Waals surface area (Å²) in [5.74, 6) is -0.307. The van der Waals surface area contributed by atoms with Crippen molar-refractivity contribution in [2.75, 3.05) is 24.3 Å². The highest BCUT2D eigenvalue weighted by Crippen LogP contribution is 2.43. The predicted octanol–water partition coefficient (Wildman–Crippen LogP) is 4.10. The van der Waals surface area contributed by atoms with Crippen LogP contribution in [0, 0.1) is 45.3 Å². The Morgan fingerprint density at radius 1 is 0.879 bits per heavy atom. The highest BCUT2D eigenvalue weighted by atomic mass is 16.1. The van der Waals surface area contributed by atoms with Crippen LogP contribution in [-0.4, -0.2) is 25.7 Å². The largest absolute Gasteiger partial charge is 0.378 e. The summed E-state index contributed by atoms with van der Waals surface area (Å²) in [6, 6.07) is 19.7. The number of benzene rings is 2. The molecule has 2 aromatic rings. The van der Waals surface area contributed by atoms with E-state index in [1.54, 1.807) is 42.5 Å². The number of anilines is 2. The van der Waals surface area contributed by atoms with Crippen molar-refractivity contribution in [3.8, 4) is 24.3 Å². The van der Waals surface area contributed by atoms with Crippen LogP contribution in [0.5, 0.6) is 0 Å². The fourth-order valence-electron chi connectivity index (χ4n) is 3.50. The highest BCUT2D eigenvalue weighted by Gasteiger charge is 2.33. The van der Waals surface area contributed by atoms with Crippen LogP contribution in [0.2, 0.25) is 0 Å². The van der Waals surface area contributed by atoms with E-state index < -0.39 is 0 Å². The van der Waals surface area contributed by atoms with E-state index in [1.807, 2.05) is 43.3 Å². The lowest BCUT2D eigenvalue weighted by Gasteiger charge is -2.16. The molecule has 0 spiro atoms. The number of allylic oxidation sites excluding steroid dienone is 4. The number of nitrogens with zero attached hydrogens (tertiary/aromatic N) is 6. The van der Waals surface area contributed by atoms with Crippen LogP contribution in [0.25, 0.3) is 11.1 Å². The second-order valence-corrected chi connectivity index (χ2v) is 7.23. The summed E-state index contributed by atoms with van der Waals surface area (Å²) in [6.45, 7) is 1.37. The van der Waals surface area contributed by atoms with Crippen molar-refractivity contribution in [1.29, 1.82) is 21.0 Å². The van der Waals surface area contributed by atoms with Crippen LogP contribution in [0.4, 0.5) is 17.1 Å². The standard InChI is InChI=1S/C25H17N7O/c1-15(33)30-22-10-18(32(2)3)8-9-21(22)31-25-23(16(11-26)12-27)19-6-4-5-7-20(19)24(25)17(13-28)14-29/h4-10H,1-3H3,(H,30,33). The Morgan fingerprint density at radius 3 is 1.82 bits per heavy atom. The van der Waals surface area contributed by atoms with Gasteiger partial charge in [0.25, 0.3) is 0 Å². The lowest BCUT2D eigenvalue weighted by molar-refractivity contribution is -0.114. The molecule has 0 saturated heterocycles. The second kappa shape index (κ2) is 9.31. The first-order valence-electron chi connectivity index (χ1n) is 9.73. The fraction of sp³-hybridized carbons (Fsp3) is 0.120. The Bertz CT molecular complexity index is 1330. The number of hydrogen-bond donors (Lipinski definition) is 1. The number of aliphatic imine (C=N–C) groups is 1. The molecule has 2 aromatic carbocycles. The van der Waals surface area contributed by atoms with E-state index in [-0.39, 0.29) is 33.9 Å². The Labute approximate surface area is 191 Å². The van der Waals surface area contributed by atoms with Gasteiger partial charge >= 0.3 is 0 Å². The summed E-state index contributed by atoms with van der Waals surface area (Å²) in [7, 11) is 3.71. The first-order valence-corrected chi connectivity index (χ1v) is 9.73. The molecule has 1 amide bonds. The van der Waals surface area contributed by atoms with Gasteiger partial charge < -0.3 is 10.2 Å². The maximum atomic E-state index is 11.8. The molecule has 0 heterocycles. The van der Waals surface area contributed by atoms with Gasteiger partial charge in [-0.3, -0.25) is 4.79 Å². The van der Waals surface area contributed by atoms with Gasteiger partial charge in [0.1, 0.15) is 35.4 Å². The summed E-state index contributed by atoms with van der Waals surface area (Å²) in [5, 5.41) is 41.2. The maximum absolute atomic E-state index is 11.8. The van der Waals surface area contributed by atoms with Crippen molar-refractivity contribution < 1.29 is 4.79 Å². The minimum atomic E-state index is -0.307. The molecule has 0 atom stereocenters. The van der Waals surface area contributed by atoms with E-state index in [9.17, 15) is 25.8 Å². The van der Waals surface area contributed by atoms with E-state index in [1.165, 1.54) is 6.92 Å². The van der Waals surface area contributed by atoms with Gasteiger partial charge in [-0.1, -0.05) is 24.3 Å². The third-order valence-electron chi connectivity index (χ3n) is 4.93. The lowest BCUT2D eigenvalue weighted by atomic mass is 10.0. The Morgan fingerprint density at radius 2 is 1.39 bits per heavy atom. The normalized spacial score (nSPS) is 11.3. The number of amides is 1. The number of nitrogens with one attached hydrogen (secondary N) is 1. The molecule has 8 nitrogen and oxygen atoms in total. The van der Waals surface area contributed by atoms with E-state index >= 15 is 0 Å². The van der Waals surface area contributed by atoms with Crippen LogP contribution in [-0.2, 0) is 4.79 Å². The number of rotatable bonds is 3. The van der Waals surface area contributed by atoms with Crippen molar-refractivity contribution >= 4 is 39.8 Å². The molecule has 1 aliphatic rings. The zero-order valence-electron chi connectivity index (χ0n) is 18.1. The third-order valence-corrected chi connectivity index (χ3v) is 4.93. The number of hydrogen-bond acceptors (Lipinski definition) is 7. The molecule has 0 saturated carbocycles. The van der Waals surface area contributed by atoms with E-state index in [2.05, 4.69) is 10.3 Å². The Kier molecular flexibility index (Phi) is 6.35. The third kappa shape index (κ3) is 4.19. The zero-order chi connectivity index (χ0) is 24.1. The molecule has 8 heteroatoms. The number of nitriles is 4. The quantitative estimate of drug-likeness (QED) is 0.726. The molecule has 33 heavy (non-hydrogen) atoms. The molecular weight excluding hydrogens is 414 g/mol. The molecule has 0 aliphatic heterocycles. The molecule has 0 aromatic heterocycles. The minimum Gasteiger partial charge on any atom is -0.378 e. The van der Waals surface area contributed by atoms with Crippen molar-refractivity contribution in [3.05, 3.63) is 64.7 Å². The van der Waals surface area contributed by atoms with Crippen LogP contribution < -0.4 is 10.2 Å². The smallest absolute Gasteiger partial charge is 0.221 e. The summed E-state index contributed by atoms with van der Waals surface area (Å²) < 4.78 is 0. The van der Waals surface area contributed by atoms with Crippen molar-refractivity contribution in [3.63, 3.8) is 0 Å². The van der Waals surface area contributed by atoms with Gasteiger partial charge in [-0.05, 0) is 29.3 Å². The number of carbonyl (C=O) groups excluding carboxylic acids is 1. The van der Waals surface area contributed by atoms with Crippen LogP contribution >= 0.6 is 0 Å². The Hall–Kier alpha value is -5.18. The molecular formula is C25H17N7O. The Balaban J connectivity index is 2.45. The molecule has 0 fully saturated rings. The van der Waals surface area contributed by atoms with Gasteiger partial charge in [0.2, 0.25) is 5.91 Å². The first-order chi connectivity index (χ1) is 15.9. The molecule has 1 N–H and O–H groups in total. The van der Waals surface area contributed by atoms with Gasteiger partial charge in [-0.15, -0.1) is 0 Å². The second-order valence-electron chi connectivity index (χ2n) is 7.23. The van der Waals surface area contributed by atoms with Gasteiger partial charge in [0, 0.05) is 37.9 Å². The van der Waals surface area contributed by atoms with Crippen molar-refractivity contribution in [2.45, 2.75) is 6.92 Å². The van der Waals surface area contributed by atoms with Crippen molar-refractivity contribution in [1.82, 2.24) is 0 Å². The SMILES string of the molecule is CC(=O)Nc1cc(N(C)C)ccc1N=C1C(=C(C#N)C#N)c2ccccc2C1=C(C#N)C#N. The summed E-state index contributed by atoms with van der Waals surface area (Å²) in [6.07, 6.45) is 0. The molecule has 0 unspecified atom stereocenters. The summed E-state index contributed by atoms with van der Waals surface area (Å²) in [5.41, 5.74) is 2.84. The first kappa shape index (κ1) is 22.5. The molecule has 158 valence electrons. The molecule has 1 aliphatic carbocycles. The summed E-state index contributed by atoms with van der Waals surface area (Å²) in [4.78, 5) is 18.4. The van der Waals surface area contributed by atoms with Gasteiger partial charge in [-0.2, -0.15) is 21.0 Å². The average Bonchev–Trinajstić information content (AvgIpc) is 3.10. The van der Waals surface area contributed by atoms with E-state index in [0.29, 0.717) is 22.5 Å². The fourth-order valence-corrected chi connectivity index (χ4v) is 3.50. The van der Waals surface area contributed by atoms with E-state index in [4.69, 9.17) is 0 Å². The van der Waals surface area contributed by atoms with Crippen LogP contribution in [0.3, 0.4) is 0 Å². The molecule has 0 radical (unpaired) electrons. The average molecular weight is 431 g/mol. The zero-order valence-corrected chi connectivity index (χ0v) is 18.1. The summed E-state index contributed by atoms with van der Waals surface area (Å²) >= 11 is 0. The minimum absolute atomic E-state index is 0.150. The number of fused-ring (bicyclic) bond motifs is 1. The van der Waals surface area contributed by atoms with Gasteiger partial charge in [-0.25, -0.2) is 4.99 Å². The van der Waals surface area contributed by atoms with Gasteiger partial charge in [0.05, 0.1) is 17.1 Å². The number of carbonyl (C=O) groups is 1. The van der Waals surface area contributed by atoms with Crippen molar-refractivity contribution in [2.24, 2.45) is 4.99 Å². The van der Waals surface area contributed by atoms with Crippen LogP contribution in [0.15, 0.2) is 58.6 Å². The molecule has 3 rings (SSSR count). The van der Waals surface area contributed by atoms with Gasteiger partial charge in [0.15, 0.2) is 0 Å². The lowest BCUT2D eigenvalue weighted by Crippen LogP contribution is -2.11. The maximum Gasteiger partial charge on any atom is 0.221 e. The van der Waals surface area contributed by atoms with E-state index in [0.717, 1.165) is 5.69 Å². The highest BCUT2D eigenvalue weighted by molar-refractivity contribution is 6.52. The molecule has 0 bridgehead atoms. The topological polar surface area (TPSA) is 140 Å².